The van der Waals surface area contributed by atoms with Crippen LogP contribution < -0.4 is 0 Å². The molecule has 0 rings (SSSR count). The Labute approximate surface area is 137 Å². The maximum atomic E-state index is 5.42. The molecule has 0 aliphatic carbocycles. The van der Waals surface area contributed by atoms with Crippen molar-refractivity contribution in [3.05, 3.63) is 12.3 Å². The third kappa shape index (κ3) is 9.13. The van der Waals surface area contributed by atoms with Gasteiger partial charge in [0.1, 0.15) is 0 Å². The highest BCUT2D eigenvalue weighted by Crippen LogP contribution is 2.11. The van der Waals surface area contributed by atoms with E-state index in [2.05, 4.69) is 6.58 Å². The van der Waals surface area contributed by atoms with Gasteiger partial charge in [-0.1, -0.05) is 6.58 Å². The Morgan fingerprint density at radius 1 is 0.682 bits per heavy atom. The maximum absolute atomic E-state index is 5.42. The fourth-order valence-electron chi connectivity index (χ4n) is 1.46. The minimum Gasteiger partial charge on any atom is -0.374 e. The van der Waals surface area contributed by atoms with Crippen LogP contribution >= 0.6 is 0 Å². The summed E-state index contributed by atoms with van der Waals surface area (Å²) in [5.74, 6) is 0. The predicted molar refractivity (Wildman–Crippen MR) is 89.2 cm³/mol. The Morgan fingerprint density at radius 2 is 0.955 bits per heavy atom. The van der Waals surface area contributed by atoms with Crippen LogP contribution in [0.5, 0.6) is 0 Å². The standard InChI is InChI=1S/C8H20O4Si.C5H12O3Si/c1-5-9-13(10-6-2,11-7-3)12-8-4;1-5-9(6-2,7-3)8-4/h5-8H2,1-4H3;5H,1H2,2-4H3. The molecule has 0 aliphatic heterocycles. The van der Waals surface area contributed by atoms with Crippen LogP contribution in [0, 0.1) is 0 Å². The molecule has 0 radical (unpaired) electrons. The Kier molecular flexibility index (Phi) is 15.9. The first-order valence-electron chi connectivity index (χ1n) is 7.33. The number of hydrogen-bond donors (Lipinski definition) is 0. The van der Waals surface area contributed by atoms with Crippen molar-refractivity contribution < 1.29 is 31.0 Å². The van der Waals surface area contributed by atoms with E-state index in [0.29, 0.717) is 26.4 Å². The zero-order valence-corrected chi connectivity index (χ0v) is 17.0. The second-order valence-corrected chi connectivity index (χ2v) is 8.65. The molecular formula is C13H32O7Si2. The van der Waals surface area contributed by atoms with Crippen molar-refractivity contribution in [2.45, 2.75) is 27.7 Å². The van der Waals surface area contributed by atoms with E-state index >= 15 is 0 Å². The summed E-state index contributed by atoms with van der Waals surface area (Å²) in [6.07, 6.45) is 0. The highest BCUT2D eigenvalue weighted by atomic mass is 28.4. The lowest BCUT2D eigenvalue weighted by atomic mass is 10.9. The summed E-state index contributed by atoms with van der Waals surface area (Å²) in [5, 5.41) is 0. The van der Waals surface area contributed by atoms with E-state index in [9.17, 15) is 0 Å². The zero-order chi connectivity index (χ0) is 17.5. The van der Waals surface area contributed by atoms with Crippen molar-refractivity contribution in [2.75, 3.05) is 47.8 Å². The maximum Gasteiger partial charge on any atom is 0.679 e. The minimum absolute atomic E-state index is 0.548. The van der Waals surface area contributed by atoms with Gasteiger partial charge >= 0.3 is 17.9 Å². The van der Waals surface area contributed by atoms with Gasteiger partial charge in [-0.05, 0) is 33.4 Å². The van der Waals surface area contributed by atoms with Gasteiger partial charge in [-0.15, -0.1) is 0 Å². The van der Waals surface area contributed by atoms with Gasteiger partial charge in [-0.25, -0.2) is 0 Å². The fraction of sp³-hybridized carbons (Fsp3) is 0.846. The summed E-state index contributed by atoms with van der Waals surface area (Å²) in [4.78, 5) is 0. The average molecular weight is 357 g/mol. The molecule has 0 fully saturated rings. The second kappa shape index (κ2) is 14.5. The molecule has 22 heavy (non-hydrogen) atoms. The summed E-state index contributed by atoms with van der Waals surface area (Å²) in [7, 11) is -0.595. The quantitative estimate of drug-likeness (QED) is 0.496. The first kappa shape index (κ1) is 24.2. The van der Waals surface area contributed by atoms with Crippen molar-refractivity contribution in [1.82, 2.24) is 0 Å². The van der Waals surface area contributed by atoms with E-state index in [1.54, 1.807) is 27.0 Å². The van der Waals surface area contributed by atoms with Gasteiger partial charge in [0, 0.05) is 47.8 Å². The van der Waals surface area contributed by atoms with Crippen molar-refractivity contribution in [2.24, 2.45) is 0 Å². The molecule has 0 aromatic rings. The Bertz CT molecular complexity index is 225. The average Bonchev–Trinajstić information content (AvgIpc) is 2.52. The van der Waals surface area contributed by atoms with Gasteiger partial charge in [0.2, 0.25) is 0 Å². The van der Waals surface area contributed by atoms with Crippen LogP contribution in [-0.2, 0) is 31.0 Å². The van der Waals surface area contributed by atoms with E-state index < -0.39 is 17.9 Å². The third-order valence-corrected chi connectivity index (χ3v) is 7.16. The monoisotopic (exact) mass is 356 g/mol. The van der Waals surface area contributed by atoms with E-state index in [-0.39, 0.29) is 0 Å². The molecule has 9 heteroatoms. The summed E-state index contributed by atoms with van der Waals surface area (Å²) in [5.41, 5.74) is 1.58. The van der Waals surface area contributed by atoms with Crippen LogP contribution in [0.1, 0.15) is 27.7 Å². The van der Waals surface area contributed by atoms with Gasteiger partial charge in [0.15, 0.2) is 0 Å². The third-order valence-electron chi connectivity index (χ3n) is 2.39. The van der Waals surface area contributed by atoms with Crippen LogP contribution in [-0.4, -0.2) is 65.6 Å². The van der Waals surface area contributed by atoms with E-state index in [1.807, 2.05) is 27.7 Å². The minimum atomic E-state index is -2.80. The van der Waals surface area contributed by atoms with E-state index in [0.717, 1.165) is 0 Å². The molecule has 0 N–H and O–H groups in total. The summed E-state index contributed by atoms with van der Waals surface area (Å²) in [6, 6.07) is 0. The van der Waals surface area contributed by atoms with E-state index in [4.69, 9.17) is 31.0 Å². The van der Waals surface area contributed by atoms with Crippen LogP contribution in [0.25, 0.3) is 0 Å². The highest BCUT2D eigenvalue weighted by Gasteiger charge is 2.44. The van der Waals surface area contributed by atoms with Crippen LogP contribution in [0.4, 0.5) is 0 Å². The van der Waals surface area contributed by atoms with Gasteiger partial charge in [-0.3, -0.25) is 0 Å². The first-order valence-corrected chi connectivity index (χ1v) is 10.8. The number of rotatable bonds is 12. The van der Waals surface area contributed by atoms with Crippen LogP contribution in [0.2, 0.25) is 0 Å². The van der Waals surface area contributed by atoms with Gasteiger partial charge < -0.3 is 31.0 Å². The molecule has 0 aromatic heterocycles. The Balaban J connectivity index is 0. The summed E-state index contributed by atoms with van der Waals surface area (Å²) < 4.78 is 36.6. The molecule has 0 aromatic carbocycles. The van der Waals surface area contributed by atoms with E-state index in [1.165, 1.54) is 0 Å². The SMILES string of the molecule is C=C[Si](OC)(OC)OC.CCO[Si](OCC)(OCC)OCC. The molecule has 0 bridgehead atoms. The largest absolute Gasteiger partial charge is 0.679 e. The highest BCUT2D eigenvalue weighted by molar-refractivity contribution is 6.66. The van der Waals surface area contributed by atoms with Gasteiger partial charge in [0.05, 0.1) is 0 Å². The lowest BCUT2D eigenvalue weighted by Gasteiger charge is -2.26. The molecule has 0 saturated carbocycles. The lowest BCUT2D eigenvalue weighted by Crippen LogP contribution is -2.49. The van der Waals surface area contributed by atoms with Crippen molar-refractivity contribution in [1.29, 1.82) is 0 Å². The van der Waals surface area contributed by atoms with Crippen molar-refractivity contribution in [3.63, 3.8) is 0 Å². The van der Waals surface area contributed by atoms with Gasteiger partial charge in [0.25, 0.3) is 0 Å². The second-order valence-electron chi connectivity index (χ2n) is 3.65. The Morgan fingerprint density at radius 3 is 1.05 bits per heavy atom. The topological polar surface area (TPSA) is 64.6 Å². The molecule has 0 amide bonds. The van der Waals surface area contributed by atoms with Crippen molar-refractivity contribution >= 4 is 17.9 Å². The Hall–Kier alpha value is -0.106. The molecule has 0 unspecified atom stereocenters. The molecule has 0 atom stereocenters. The fourth-order valence-corrected chi connectivity index (χ4v) is 4.37. The smallest absolute Gasteiger partial charge is 0.374 e. The zero-order valence-electron chi connectivity index (χ0n) is 15.0. The molecule has 0 aliphatic rings. The van der Waals surface area contributed by atoms with Crippen LogP contribution in [0.3, 0.4) is 0 Å². The summed E-state index contributed by atoms with van der Waals surface area (Å²) >= 11 is 0. The molecule has 0 saturated heterocycles. The molecule has 0 heterocycles. The lowest BCUT2D eigenvalue weighted by molar-refractivity contribution is -0.0247. The molecule has 134 valence electrons. The van der Waals surface area contributed by atoms with Crippen LogP contribution in [0.15, 0.2) is 12.3 Å². The van der Waals surface area contributed by atoms with Crippen molar-refractivity contribution in [3.8, 4) is 0 Å². The first-order chi connectivity index (χ1) is 10.5. The van der Waals surface area contributed by atoms with Gasteiger partial charge in [-0.2, -0.15) is 0 Å². The molecule has 0 spiro atoms. The predicted octanol–water partition coefficient (Wildman–Crippen LogP) is 2.16. The molecular weight excluding hydrogens is 324 g/mol. The normalized spacial score (nSPS) is 11.8. The molecule has 7 nitrogen and oxygen atoms in total. The summed E-state index contributed by atoms with van der Waals surface area (Å²) in [6.45, 7) is 13.3. The number of hydrogen-bond acceptors (Lipinski definition) is 7.